The summed E-state index contributed by atoms with van der Waals surface area (Å²) >= 11 is -0.106. The average molecular weight is 337 g/mol. The molecule has 1 aromatic heterocycles. The quantitative estimate of drug-likeness (QED) is 0.623. The van der Waals surface area contributed by atoms with Crippen LogP contribution in [0.1, 0.15) is 47.4 Å². The number of carbonyl (C=O) groups excluding carboxylic acids is 1. The first-order valence-corrected chi connectivity index (χ1v) is 8.59. The van der Waals surface area contributed by atoms with Crippen LogP contribution in [0.5, 0.6) is 0 Å². The summed E-state index contributed by atoms with van der Waals surface area (Å²) in [5.74, 6) is -0.567. The van der Waals surface area contributed by atoms with E-state index in [4.69, 9.17) is 5.11 Å². The summed E-state index contributed by atoms with van der Waals surface area (Å²) in [7, 11) is 0. The van der Waals surface area contributed by atoms with Crippen LogP contribution in [-0.4, -0.2) is 31.4 Å². The zero-order chi connectivity index (χ0) is 14.5. The fraction of sp³-hybridized carbons (Fsp3) is 0.375. The van der Waals surface area contributed by atoms with E-state index < -0.39 is 5.97 Å². The Morgan fingerprint density at radius 3 is 2.70 bits per heavy atom. The Kier molecular flexibility index (Phi) is 5.16. The van der Waals surface area contributed by atoms with E-state index in [0.29, 0.717) is 17.3 Å². The first-order chi connectivity index (χ1) is 9.60. The van der Waals surface area contributed by atoms with Gasteiger partial charge in [0, 0.05) is 0 Å². The molecule has 0 aliphatic carbocycles. The van der Waals surface area contributed by atoms with Crippen molar-refractivity contribution in [2.75, 3.05) is 0 Å². The molecule has 0 aliphatic rings. The molecule has 0 saturated heterocycles. The van der Waals surface area contributed by atoms with Crippen LogP contribution >= 0.6 is 0 Å². The van der Waals surface area contributed by atoms with Crippen LogP contribution in [0.4, 0.5) is 0 Å². The molecule has 20 heavy (non-hydrogen) atoms. The molecule has 0 spiro atoms. The van der Waals surface area contributed by atoms with Gasteiger partial charge >= 0.3 is 124 Å². The van der Waals surface area contributed by atoms with Gasteiger partial charge in [0.05, 0.1) is 0 Å². The molecular formula is C16H18O3Se. The molecule has 1 N–H and O–H groups in total. The number of Topliss-reactive ketones (excluding diaryl/α,β-unsaturated/α-hetero) is 1. The monoisotopic (exact) mass is 338 g/mol. The van der Waals surface area contributed by atoms with Gasteiger partial charge in [-0.05, 0) is 0 Å². The number of carboxylic acids is 1. The number of carbonyl (C=O) groups is 2. The van der Waals surface area contributed by atoms with Crippen molar-refractivity contribution in [2.24, 2.45) is 0 Å². The average Bonchev–Trinajstić information content (AvgIpc) is 2.82. The molecular weight excluding hydrogens is 319 g/mol. The number of carboxylic acid groups (broad SMARTS) is 1. The Hall–Kier alpha value is -1.38. The predicted octanol–water partition coefficient (Wildman–Crippen LogP) is 3.29. The molecule has 2 rings (SSSR count). The molecule has 1 heterocycles. The minimum absolute atomic E-state index is 0.106. The molecule has 0 amide bonds. The van der Waals surface area contributed by atoms with Gasteiger partial charge in [-0.15, -0.1) is 0 Å². The third kappa shape index (κ3) is 3.81. The van der Waals surface area contributed by atoms with Crippen LogP contribution in [0.2, 0.25) is 0 Å². The fourth-order valence-corrected chi connectivity index (χ4v) is 4.05. The van der Waals surface area contributed by atoms with Crippen molar-refractivity contribution in [2.45, 2.75) is 39.0 Å². The zero-order valence-corrected chi connectivity index (χ0v) is 13.2. The normalized spacial score (nSPS) is 10.8. The predicted molar refractivity (Wildman–Crippen MR) is 80.7 cm³/mol. The van der Waals surface area contributed by atoms with E-state index >= 15 is 0 Å². The van der Waals surface area contributed by atoms with Crippen molar-refractivity contribution in [1.82, 2.24) is 0 Å². The van der Waals surface area contributed by atoms with Crippen molar-refractivity contribution >= 4 is 35.9 Å². The fourth-order valence-electron chi connectivity index (χ4n) is 2.20. The van der Waals surface area contributed by atoms with Gasteiger partial charge in [-0.1, -0.05) is 0 Å². The molecule has 0 fully saturated rings. The number of rotatable bonds is 7. The standard InChI is InChI=1S/C16H18O3Se/c1-2-3-4-5-13(17)9-11-6-7-14-12(8-11)10-15(20-14)16(18)19/h6-8,10H,2-5,9H2,1H3,(H,18,19). The molecule has 0 aliphatic heterocycles. The van der Waals surface area contributed by atoms with Gasteiger partial charge in [-0.3, -0.25) is 0 Å². The minimum atomic E-state index is -0.835. The van der Waals surface area contributed by atoms with Crippen molar-refractivity contribution < 1.29 is 14.7 Å². The van der Waals surface area contributed by atoms with Crippen LogP contribution in [0, 0.1) is 0 Å². The second kappa shape index (κ2) is 6.87. The van der Waals surface area contributed by atoms with E-state index in [0.717, 1.165) is 34.5 Å². The Bertz CT molecular complexity index is 628. The molecule has 0 saturated carbocycles. The molecule has 0 radical (unpaired) electrons. The van der Waals surface area contributed by atoms with E-state index in [2.05, 4.69) is 6.92 Å². The van der Waals surface area contributed by atoms with Crippen molar-refractivity contribution in [1.29, 1.82) is 0 Å². The number of hydrogen-bond acceptors (Lipinski definition) is 2. The molecule has 106 valence electrons. The summed E-state index contributed by atoms with van der Waals surface area (Å²) in [5, 5.41) is 9.99. The summed E-state index contributed by atoms with van der Waals surface area (Å²) in [5.41, 5.74) is 0.990. The number of aromatic carboxylic acids is 1. The summed E-state index contributed by atoms with van der Waals surface area (Å²) in [6, 6.07) is 7.63. The maximum atomic E-state index is 11.9. The second-order valence-electron chi connectivity index (χ2n) is 4.96. The van der Waals surface area contributed by atoms with Gasteiger partial charge in [-0.2, -0.15) is 0 Å². The molecule has 0 bridgehead atoms. The Labute approximate surface area is 124 Å². The summed E-state index contributed by atoms with van der Waals surface area (Å²) in [4.78, 5) is 22.8. The topological polar surface area (TPSA) is 54.4 Å². The van der Waals surface area contributed by atoms with Crippen molar-refractivity contribution in [3.05, 3.63) is 34.3 Å². The molecule has 0 unspecified atom stereocenters. The molecule has 0 atom stereocenters. The SMILES string of the molecule is CCCCCC(=O)Cc1ccc2[se]c(C(=O)O)cc2c1. The Balaban J connectivity index is 2.07. The van der Waals surface area contributed by atoms with E-state index in [1.165, 1.54) is 0 Å². The zero-order valence-electron chi connectivity index (χ0n) is 11.5. The van der Waals surface area contributed by atoms with E-state index in [-0.39, 0.29) is 20.3 Å². The van der Waals surface area contributed by atoms with Crippen LogP contribution in [0.3, 0.4) is 0 Å². The van der Waals surface area contributed by atoms with E-state index in [1.807, 2.05) is 18.2 Å². The first-order valence-electron chi connectivity index (χ1n) is 6.87. The number of ketones is 1. The summed E-state index contributed by atoms with van der Waals surface area (Å²) in [6.45, 7) is 2.12. The van der Waals surface area contributed by atoms with Gasteiger partial charge in [0.15, 0.2) is 0 Å². The number of fused-ring (bicyclic) bond motifs is 1. The third-order valence-electron chi connectivity index (χ3n) is 3.25. The van der Waals surface area contributed by atoms with Gasteiger partial charge < -0.3 is 0 Å². The molecule has 1 aromatic carbocycles. The first kappa shape index (κ1) is 15.0. The number of unbranched alkanes of at least 4 members (excludes halogenated alkanes) is 2. The van der Waals surface area contributed by atoms with Crippen LogP contribution in [0.25, 0.3) is 9.65 Å². The Morgan fingerprint density at radius 2 is 2.00 bits per heavy atom. The number of hydrogen-bond donors (Lipinski definition) is 1. The van der Waals surface area contributed by atoms with Crippen LogP contribution in [-0.2, 0) is 11.2 Å². The molecule has 3 nitrogen and oxygen atoms in total. The van der Waals surface area contributed by atoms with E-state index in [1.54, 1.807) is 6.07 Å². The third-order valence-corrected chi connectivity index (χ3v) is 5.57. The van der Waals surface area contributed by atoms with Crippen LogP contribution in [0.15, 0.2) is 24.3 Å². The van der Waals surface area contributed by atoms with Gasteiger partial charge in [-0.25, -0.2) is 0 Å². The van der Waals surface area contributed by atoms with Crippen molar-refractivity contribution in [3.63, 3.8) is 0 Å². The van der Waals surface area contributed by atoms with Gasteiger partial charge in [0.2, 0.25) is 0 Å². The number of benzene rings is 1. The van der Waals surface area contributed by atoms with Gasteiger partial charge in [0.25, 0.3) is 0 Å². The summed E-state index contributed by atoms with van der Waals surface area (Å²) < 4.78 is 1.58. The second-order valence-corrected chi connectivity index (χ2v) is 7.23. The molecule has 4 heteroatoms. The summed E-state index contributed by atoms with van der Waals surface area (Å²) in [6.07, 6.45) is 4.29. The van der Waals surface area contributed by atoms with Gasteiger partial charge in [0.1, 0.15) is 0 Å². The maximum absolute atomic E-state index is 11.9. The molecule has 2 aromatic rings. The van der Waals surface area contributed by atoms with Crippen LogP contribution < -0.4 is 0 Å². The Morgan fingerprint density at radius 1 is 1.20 bits per heavy atom. The van der Waals surface area contributed by atoms with Crippen molar-refractivity contribution in [3.8, 4) is 0 Å². The van der Waals surface area contributed by atoms with E-state index in [9.17, 15) is 9.59 Å².